The van der Waals surface area contributed by atoms with Crippen LogP contribution in [0.25, 0.3) is 0 Å². The molecular formula is C18H21N3O3. The largest absolute Gasteiger partial charge is 0.492 e. The van der Waals surface area contributed by atoms with Gasteiger partial charge in [0.25, 0.3) is 0 Å². The fourth-order valence-corrected chi connectivity index (χ4v) is 2.10. The molecule has 0 bridgehead atoms. The van der Waals surface area contributed by atoms with Gasteiger partial charge in [-0.2, -0.15) is 0 Å². The van der Waals surface area contributed by atoms with Crippen LogP contribution in [0.4, 0.5) is 17.1 Å². The highest BCUT2D eigenvalue weighted by atomic mass is 16.5. The van der Waals surface area contributed by atoms with E-state index in [1.807, 2.05) is 25.1 Å². The van der Waals surface area contributed by atoms with E-state index >= 15 is 0 Å². The zero-order valence-corrected chi connectivity index (χ0v) is 13.8. The van der Waals surface area contributed by atoms with Crippen molar-refractivity contribution in [2.24, 2.45) is 0 Å². The minimum atomic E-state index is -0.173. The number of para-hydroxylation sites is 2. The molecule has 0 saturated heterocycles. The highest BCUT2D eigenvalue weighted by molar-refractivity contribution is 5.95. The second-order valence-electron chi connectivity index (χ2n) is 5.09. The van der Waals surface area contributed by atoms with Crippen molar-refractivity contribution in [1.29, 1.82) is 0 Å². The molecule has 0 unspecified atom stereocenters. The first kappa shape index (κ1) is 17.3. The summed E-state index contributed by atoms with van der Waals surface area (Å²) in [5, 5.41) is 8.54. The van der Waals surface area contributed by atoms with E-state index in [2.05, 4.69) is 16.0 Å². The van der Waals surface area contributed by atoms with Crippen LogP contribution in [0.1, 0.15) is 13.8 Å². The smallest absolute Gasteiger partial charge is 0.243 e. The fourth-order valence-electron chi connectivity index (χ4n) is 2.10. The molecule has 0 radical (unpaired) electrons. The first-order chi connectivity index (χ1) is 11.6. The number of hydrogen-bond donors (Lipinski definition) is 3. The van der Waals surface area contributed by atoms with Gasteiger partial charge in [-0.25, -0.2) is 0 Å². The number of benzene rings is 2. The number of rotatable bonds is 7. The Labute approximate surface area is 141 Å². The first-order valence-electron chi connectivity index (χ1n) is 7.71. The van der Waals surface area contributed by atoms with Gasteiger partial charge in [-0.15, -0.1) is 0 Å². The molecule has 0 aliphatic rings. The lowest BCUT2D eigenvalue weighted by Gasteiger charge is -2.12. The number of amides is 2. The molecule has 0 aliphatic heterocycles. The van der Waals surface area contributed by atoms with Gasteiger partial charge in [-0.1, -0.05) is 12.1 Å². The standard InChI is InChI=1S/C18H21N3O3/c1-3-24-17-7-5-4-6-16(17)21-18(23)12-19-14-8-10-15(11-9-14)20-13(2)22/h4-11,19H,3,12H2,1-2H3,(H,20,22)(H,21,23). The van der Waals surface area contributed by atoms with E-state index in [0.717, 1.165) is 5.69 Å². The SMILES string of the molecule is CCOc1ccccc1NC(=O)CNc1ccc(NC(C)=O)cc1. The molecule has 2 aromatic rings. The van der Waals surface area contributed by atoms with Crippen LogP contribution in [0, 0.1) is 0 Å². The van der Waals surface area contributed by atoms with Crippen LogP contribution in [0.2, 0.25) is 0 Å². The summed E-state index contributed by atoms with van der Waals surface area (Å²) in [7, 11) is 0. The Morgan fingerprint density at radius 1 is 0.958 bits per heavy atom. The van der Waals surface area contributed by atoms with Gasteiger partial charge in [-0.3, -0.25) is 9.59 Å². The minimum absolute atomic E-state index is 0.122. The van der Waals surface area contributed by atoms with Gasteiger partial charge in [0.1, 0.15) is 5.75 Å². The van der Waals surface area contributed by atoms with Gasteiger partial charge in [0.05, 0.1) is 18.8 Å². The highest BCUT2D eigenvalue weighted by Crippen LogP contribution is 2.23. The van der Waals surface area contributed by atoms with Crippen molar-refractivity contribution in [3.63, 3.8) is 0 Å². The molecule has 2 rings (SSSR count). The summed E-state index contributed by atoms with van der Waals surface area (Å²) in [5.41, 5.74) is 2.15. The summed E-state index contributed by atoms with van der Waals surface area (Å²) in [6, 6.07) is 14.4. The molecule has 0 spiro atoms. The topological polar surface area (TPSA) is 79.5 Å². The van der Waals surface area contributed by atoms with Gasteiger partial charge in [0.2, 0.25) is 11.8 Å². The van der Waals surface area contributed by atoms with E-state index in [4.69, 9.17) is 4.74 Å². The summed E-state index contributed by atoms with van der Waals surface area (Å²) in [4.78, 5) is 23.0. The molecule has 6 heteroatoms. The molecule has 2 amide bonds. The Morgan fingerprint density at radius 3 is 2.29 bits per heavy atom. The van der Waals surface area contributed by atoms with Crippen LogP contribution in [-0.2, 0) is 9.59 Å². The Kier molecular flexibility index (Phi) is 6.19. The third-order valence-corrected chi connectivity index (χ3v) is 3.12. The molecule has 0 aliphatic carbocycles. The van der Waals surface area contributed by atoms with E-state index < -0.39 is 0 Å². The van der Waals surface area contributed by atoms with Crippen LogP contribution in [0.3, 0.4) is 0 Å². The van der Waals surface area contributed by atoms with Crippen molar-refractivity contribution < 1.29 is 14.3 Å². The molecule has 0 heterocycles. The predicted octanol–water partition coefficient (Wildman–Crippen LogP) is 3.09. The predicted molar refractivity (Wildman–Crippen MR) is 95.5 cm³/mol. The average Bonchev–Trinajstić information content (AvgIpc) is 2.56. The van der Waals surface area contributed by atoms with Crippen LogP contribution < -0.4 is 20.7 Å². The number of carbonyl (C=O) groups is 2. The quantitative estimate of drug-likeness (QED) is 0.730. The fraction of sp³-hybridized carbons (Fsp3) is 0.222. The van der Waals surface area contributed by atoms with Gasteiger partial charge in [-0.05, 0) is 43.3 Å². The Bertz CT molecular complexity index is 699. The molecule has 3 N–H and O–H groups in total. The number of nitrogens with one attached hydrogen (secondary N) is 3. The first-order valence-corrected chi connectivity index (χ1v) is 7.71. The Morgan fingerprint density at radius 2 is 1.62 bits per heavy atom. The molecular weight excluding hydrogens is 306 g/mol. The molecule has 0 atom stereocenters. The summed E-state index contributed by atoms with van der Waals surface area (Å²) >= 11 is 0. The number of anilines is 3. The normalized spacial score (nSPS) is 9.92. The third kappa shape index (κ3) is 5.31. The second kappa shape index (κ2) is 8.57. The minimum Gasteiger partial charge on any atom is -0.492 e. The van der Waals surface area contributed by atoms with E-state index in [-0.39, 0.29) is 18.4 Å². The number of hydrogen-bond acceptors (Lipinski definition) is 4. The van der Waals surface area contributed by atoms with Crippen molar-refractivity contribution in [2.45, 2.75) is 13.8 Å². The molecule has 126 valence electrons. The van der Waals surface area contributed by atoms with Gasteiger partial charge in [0, 0.05) is 18.3 Å². The number of carbonyl (C=O) groups excluding carboxylic acids is 2. The zero-order valence-electron chi connectivity index (χ0n) is 13.8. The van der Waals surface area contributed by atoms with E-state index in [1.54, 1.807) is 30.3 Å². The summed E-state index contributed by atoms with van der Waals surface area (Å²) in [6.45, 7) is 4.01. The van der Waals surface area contributed by atoms with E-state index in [0.29, 0.717) is 23.7 Å². The summed E-state index contributed by atoms with van der Waals surface area (Å²) in [6.07, 6.45) is 0. The maximum Gasteiger partial charge on any atom is 0.243 e. The van der Waals surface area contributed by atoms with Crippen LogP contribution >= 0.6 is 0 Å². The lowest BCUT2D eigenvalue weighted by atomic mass is 10.2. The Balaban J connectivity index is 1.88. The van der Waals surface area contributed by atoms with Crippen LogP contribution in [0.5, 0.6) is 5.75 Å². The third-order valence-electron chi connectivity index (χ3n) is 3.12. The molecule has 0 aromatic heterocycles. The van der Waals surface area contributed by atoms with Crippen molar-refractivity contribution >= 4 is 28.9 Å². The summed E-state index contributed by atoms with van der Waals surface area (Å²) in [5.74, 6) is 0.351. The van der Waals surface area contributed by atoms with Gasteiger partial charge < -0.3 is 20.7 Å². The average molecular weight is 327 g/mol. The van der Waals surface area contributed by atoms with Gasteiger partial charge in [0.15, 0.2) is 0 Å². The molecule has 24 heavy (non-hydrogen) atoms. The van der Waals surface area contributed by atoms with Crippen molar-refractivity contribution in [1.82, 2.24) is 0 Å². The zero-order chi connectivity index (χ0) is 17.4. The van der Waals surface area contributed by atoms with Crippen molar-refractivity contribution in [2.75, 3.05) is 29.1 Å². The van der Waals surface area contributed by atoms with Crippen LogP contribution in [0.15, 0.2) is 48.5 Å². The highest BCUT2D eigenvalue weighted by Gasteiger charge is 2.07. The van der Waals surface area contributed by atoms with Crippen molar-refractivity contribution in [3.05, 3.63) is 48.5 Å². The molecule has 6 nitrogen and oxygen atoms in total. The molecule has 2 aromatic carbocycles. The summed E-state index contributed by atoms with van der Waals surface area (Å²) < 4.78 is 5.48. The van der Waals surface area contributed by atoms with E-state index in [1.165, 1.54) is 6.92 Å². The monoisotopic (exact) mass is 327 g/mol. The van der Waals surface area contributed by atoms with Crippen LogP contribution in [-0.4, -0.2) is 25.0 Å². The number of ether oxygens (including phenoxy) is 1. The van der Waals surface area contributed by atoms with E-state index in [9.17, 15) is 9.59 Å². The van der Waals surface area contributed by atoms with Gasteiger partial charge >= 0.3 is 0 Å². The maximum absolute atomic E-state index is 12.1. The lowest BCUT2D eigenvalue weighted by Crippen LogP contribution is -2.22. The molecule has 0 fully saturated rings. The second-order valence-corrected chi connectivity index (χ2v) is 5.09. The Hall–Kier alpha value is -3.02. The maximum atomic E-state index is 12.1. The van der Waals surface area contributed by atoms with Crippen molar-refractivity contribution in [3.8, 4) is 5.75 Å². The molecule has 0 saturated carbocycles. The lowest BCUT2D eigenvalue weighted by molar-refractivity contribution is -0.115.